The van der Waals surface area contributed by atoms with Crippen molar-refractivity contribution < 1.29 is 33.7 Å². The van der Waals surface area contributed by atoms with Gasteiger partial charge in [0.05, 0.1) is 5.69 Å². The lowest BCUT2D eigenvalue weighted by molar-refractivity contribution is -0.617. The summed E-state index contributed by atoms with van der Waals surface area (Å²) in [6.07, 6.45) is 6.68. The summed E-state index contributed by atoms with van der Waals surface area (Å²) in [6.45, 7) is 0.236. The number of thioether (sulfide) groups is 1. The molecule has 5 heteroatoms. The SMILES string of the molecule is CSC1=[N+]2[C@H](CO)Cc3c([nH]c4ccccc34)[C@H]2CCC1.[I-]. The molecular weight excluding hydrogens is 407 g/mol. The fourth-order valence-corrected chi connectivity index (χ4v) is 4.88. The minimum Gasteiger partial charge on any atom is -1.00 e. The molecule has 1 aromatic carbocycles. The number of hydrogen-bond donors (Lipinski definition) is 2. The first-order valence-corrected chi connectivity index (χ1v) is 8.94. The Morgan fingerprint density at radius 3 is 2.95 bits per heavy atom. The summed E-state index contributed by atoms with van der Waals surface area (Å²) in [5, 5.41) is 12.7. The molecule has 0 bridgehead atoms. The molecule has 4 rings (SSSR count). The van der Waals surface area contributed by atoms with Gasteiger partial charge in [-0.25, -0.2) is 4.58 Å². The molecular formula is C17H21IN2OS. The second-order valence-electron chi connectivity index (χ2n) is 6.02. The first-order valence-electron chi connectivity index (χ1n) is 7.72. The first-order chi connectivity index (χ1) is 10.3. The molecule has 2 aliphatic rings. The maximum Gasteiger partial charge on any atom is 0.211 e. The number of benzene rings is 1. The van der Waals surface area contributed by atoms with E-state index in [9.17, 15) is 5.11 Å². The summed E-state index contributed by atoms with van der Waals surface area (Å²) in [7, 11) is 0. The van der Waals surface area contributed by atoms with Gasteiger partial charge in [0, 0.05) is 30.2 Å². The van der Waals surface area contributed by atoms with Crippen LogP contribution in [0.15, 0.2) is 24.3 Å². The highest BCUT2D eigenvalue weighted by atomic mass is 127. The minimum atomic E-state index is 0. The summed E-state index contributed by atoms with van der Waals surface area (Å²) in [5.74, 6) is 0. The number of fused-ring (bicyclic) bond motifs is 5. The van der Waals surface area contributed by atoms with Crippen LogP contribution < -0.4 is 24.0 Å². The average Bonchev–Trinajstić information content (AvgIpc) is 2.92. The van der Waals surface area contributed by atoms with E-state index >= 15 is 0 Å². The number of aliphatic hydroxyl groups excluding tert-OH is 1. The lowest BCUT2D eigenvalue weighted by atomic mass is 9.89. The molecule has 0 aliphatic carbocycles. The highest BCUT2D eigenvalue weighted by molar-refractivity contribution is 8.13. The zero-order chi connectivity index (χ0) is 14.4. The van der Waals surface area contributed by atoms with Crippen molar-refractivity contribution in [2.75, 3.05) is 12.9 Å². The number of aliphatic hydroxyl groups is 1. The van der Waals surface area contributed by atoms with E-state index in [1.165, 1.54) is 40.0 Å². The Labute approximate surface area is 152 Å². The van der Waals surface area contributed by atoms with Crippen molar-refractivity contribution in [3.8, 4) is 0 Å². The van der Waals surface area contributed by atoms with E-state index in [0.29, 0.717) is 6.04 Å². The van der Waals surface area contributed by atoms with E-state index in [4.69, 9.17) is 0 Å². The normalized spacial score (nSPS) is 23.9. The number of H-pyrrole nitrogens is 1. The van der Waals surface area contributed by atoms with E-state index in [1.54, 1.807) is 0 Å². The Bertz CT molecular complexity index is 725. The van der Waals surface area contributed by atoms with Gasteiger partial charge in [-0.1, -0.05) is 30.0 Å². The molecule has 0 radical (unpaired) electrons. The van der Waals surface area contributed by atoms with Gasteiger partial charge in [-0.05, 0) is 24.3 Å². The summed E-state index contributed by atoms with van der Waals surface area (Å²) in [5.41, 5.74) is 4.04. The van der Waals surface area contributed by atoms with E-state index < -0.39 is 0 Å². The van der Waals surface area contributed by atoms with Gasteiger partial charge in [0.15, 0.2) is 12.1 Å². The summed E-state index contributed by atoms with van der Waals surface area (Å²) in [6, 6.07) is 9.20. The molecule has 2 N–H and O–H groups in total. The Morgan fingerprint density at radius 2 is 2.18 bits per heavy atom. The van der Waals surface area contributed by atoms with Gasteiger partial charge in [0.2, 0.25) is 5.04 Å². The number of rotatable bonds is 1. The molecule has 0 saturated heterocycles. The number of nitrogens with zero attached hydrogens (tertiary/aromatic N) is 1. The standard InChI is InChI=1S/C17H21N2OS.HI/c1-21-16-8-4-7-15-17-13(9-11(10-20)19(15)16)12-5-2-3-6-14(12)18-17;/h2-3,5-6,11,15,18,20H,4,7-10H2,1H3;1H/q+1;/p-1/t11-,15+;/m0./s1. The third-order valence-corrected chi connectivity index (χ3v) is 5.84. The molecule has 1 aromatic heterocycles. The molecule has 3 nitrogen and oxygen atoms in total. The van der Waals surface area contributed by atoms with Crippen LogP contribution in [0.5, 0.6) is 0 Å². The smallest absolute Gasteiger partial charge is 0.211 e. The second kappa shape index (κ2) is 6.53. The van der Waals surface area contributed by atoms with Crippen molar-refractivity contribution in [1.82, 2.24) is 4.98 Å². The van der Waals surface area contributed by atoms with Gasteiger partial charge in [-0.2, -0.15) is 0 Å². The van der Waals surface area contributed by atoms with Crippen LogP contribution in [0.3, 0.4) is 0 Å². The first kappa shape index (κ1) is 16.3. The van der Waals surface area contributed by atoms with Crippen LogP contribution in [0.1, 0.15) is 36.6 Å². The van der Waals surface area contributed by atoms with E-state index in [0.717, 1.165) is 12.8 Å². The third-order valence-electron chi connectivity index (χ3n) is 4.95. The number of halogens is 1. The van der Waals surface area contributed by atoms with Crippen molar-refractivity contribution >= 4 is 27.7 Å². The molecule has 0 saturated carbocycles. The fraction of sp³-hybridized carbons (Fsp3) is 0.471. The van der Waals surface area contributed by atoms with Crippen LogP contribution in [0.2, 0.25) is 0 Å². The topological polar surface area (TPSA) is 39.0 Å². The van der Waals surface area contributed by atoms with Crippen molar-refractivity contribution in [2.24, 2.45) is 0 Å². The van der Waals surface area contributed by atoms with Crippen molar-refractivity contribution in [1.29, 1.82) is 0 Å². The quantitative estimate of drug-likeness (QED) is 0.500. The lowest BCUT2D eigenvalue weighted by Gasteiger charge is -2.31. The lowest BCUT2D eigenvalue weighted by Crippen LogP contribution is -3.00. The van der Waals surface area contributed by atoms with E-state index in [1.807, 2.05) is 11.8 Å². The van der Waals surface area contributed by atoms with Gasteiger partial charge in [0.25, 0.3) is 0 Å². The second-order valence-corrected chi connectivity index (χ2v) is 6.90. The Morgan fingerprint density at radius 1 is 1.36 bits per heavy atom. The van der Waals surface area contributed by atoms with Crippen molar-refractivity contribution in [3.63, 3.8) is 0 Å². The molecule has 3 heterocycles. The highest BCUT2D eigenvalue weighted by Crippen LogP contribution is 2.40. The number of aromatic nitrogens is 1. The van der Waals surface area contributed by atoms with Crippen LogP contribution in [0.25, 0.3) is 10.9 Å². The monoisotopic (exact) mass is 428 g/mol. The van der Waals surface area contributed by atoms with Crippen molar-refractivity contribution in [3.05, 3.63) is 35.5 Å². The molecule has 2 atom stereocenters. The van der Waals surface area contributed by atoms with Crippen LogP contribution in [0, 0.1) is 0 Å². The fourth-order valence-electron chi connectivity index (χ4n) is 4.05. The largest absolute Gasteiger partial charge is 1.00 e. The highest BCUT2D eigenvalue weighted by Gasteiger charge is 2.43. The molecule has 118 valence electrons. The summed E-state index contributed by atoms with van der Waals surface area (Å²) in [4.78, 5) is 3.66. The zero-order valence-corrected chi connectivity index (χ0v) is 15.7. The van der Waals surface area contributed by atoms with Gasteiger partial charge in [-0.3, -0.25) is 0 Å². The van der Waals surface area contributed by atoms with E-state index in [-0.39, 0.29) is 36.6 Å². The number of hydrogen-bond acceptors (Lipinski definition) is 2. The Kier molecular flexibility index (Phi) is 4.85. The average molecular weight is 428 g/mol. The Hall–Kier alpha value is -0.530. The van der Waals surface area contributed by atoms with Crippen molar-refractivity contribution in [2.45, 2.75) is 37.8 Å². The molecule has 0 fully saturated rings. The third kappa shape index (κ3) is 2.41. The predicted octanol–water partition coefficient (Wildman–Crippen LogP) is 0.0879. The van der Waals surface area contributed by atoms with Crippen LogP contribution in [-0.2, 0) is 6.42 Å². The molecule has 2 aliphatic heterocycles. The van der Waals surface area contributed by atoms with E-state index in [2.05, 4.69) is 40.1 Å². The summed E-state index contributed by atoms with van der Waals surface area (Å²) < 4.78 is 2.49. The molecule has 2 aromatic rings. The molecule has 22 heavy (non-hydrogen) atoms. The van der Waals surface area contributed by atoms with Crippen LogP contribution in [0.4, 0.5) is 0 Å². The number of para-hydroxylation sites is 1. The molecule has 0 unspecified atom stereocenters. The maximum atomic E-state index is 9.90. The van der Waals surface area contributed by atoms with Crippen LogP contribution in [-0.4, -0.2) is 38.6 Å². The predicted molar refractivity (Wildman–Crippen MR) is 88.3 cm³/mol. The summed E-state index contributed by atoms with van der Waals surface area (Å²) >= 11 is 1.85. The van der Waals surface area contributed by atoms with Gasteiger partial charge in [0.1, 0.15) is 6.61 Å². The molecule has 0 amide bonds. The number of nitrogens with one attached hydrogen (secondary N) is 1. The molecule has 0 spiro atoms. The number of aromatic amines is 1. The zero-order valence-electron chi connectivity index (χ0n) is 12.7. The van der Waals surface area contributed by atoms with Gasteiger partial charge >= 0.3 is 0 Å². The van der Waals surface area contributed by atoms with Gasteiger partial charge < -0.3 is 34.1 Å². The Balaban J connectivity index is 0.00000144. The maximum absolute atomic E-state index is 9.90. The van der Waals surface area contributed by atoms with Crippen LogP contribution >= 0.6 is 11.8 Å². The van der Waals surface area contributed by atoms with Gasteiger partial charge in [-0.15, -0.1) is 0 Å². The minimum absolute atomic E-state index is 0.